The number of carbonyl (C=O) groups excluding carboxylic acids is 1. The molecule has 1 amide bonds. The molecule has 0 saturated carbocycles. The number of benzene rings is 1. The molecular weight excluding hydrogens is 265 g/mol. The van der Waals surface area contributed by atoms with Gasteiger partial charge in [-0.2, -0.15) is 0 Å². The predicted octanol–water partition coefficient (Wildman–Crippen LogP) is 3.42. The first-order chi connectivity index (χ1) is 7.69. The minimum absolute atomic E-state index is 0.147. The van der Waals surface area contributed by atoms with Gasteiger partial charge in [0.1, 0.15) is 0 Å². The number of rotatable bonds is 5. The molecule has 0 unspecified atom stereocenters. The van der Waals surface area contributed by atoms with Crippen molar-refractivity contribution in [2.45, 2.75) is 11.3 Å². The van der Waals surface area contributed by atoms with Crippen LogP contribution in [-0.2, 0) is 0 Å². The number of thioether (sulfide) groups is 1. The van der Waals surface area contributed by atoms with Crippen LogP contribution >= 0.6 is 35.0 Å². The molecule has 88 valence electrons. The lowest BCUT2D eigenvalue weighted by atomic mass is 10.2. The normalized spacial score (nSPS) is 10.2. The van der Waals surface area contributed by atoms with Crippen LogP contribution in [-0.4, -0.2) is 24.6 Å². The Morgan fingerprint density at radius 3 is 2.88 bits per heavy atom. The molecule has 2 nitrogen and oxygen atoms in total. The van der Waals surface area contributed by atoms with Crippen LogP contribution in [0.4, 0.5) is 0 Å². The van der Waals surface area contributed by atoms with Crippen LogP contribution in [0.5, 0.6) is 0 Å². The SMILES string of the molecule is CSc1ccc(Cl)c(C(=O)NCCCCl)c1. The summed E-state index contributed by atoms with van der Waals surface area (Å²) in [5.41, 5.74) is 0.517. The number of carbonyl (C=O) groups is 1. The summed E-state index contributed by atoms with van der Waals surface area (Å²) >= 11 is 13.1. The van der Waals surface area contributed by atoms with Crippen LogP contribution in [0.3, 0.4) is 0 Å². The number of hydrogen-bond acceptors (Lipinski definition) is 2. The number of hydrogen-bond donors (Lipinski definition) is 1. The molecule has 0 fully saturated rings. The first-order valence-corrected chi connectivity index (χ1v) is 7.00. The highest BCUT2D eigenvalue weighted by molar-refractivity contribution is 7.98. The molecule has 0 aliphatic carbocycles. The maximum atomic E-state index is 11.8. The van der Waals surface area contributed by atoms with Crippen molar-refractivity contribution in [1.29, 1.82) is 0 Å². The fraction of sp³-hybridized carbons (Fsp3) is 0.364. The third kappa shape index (κ3) is 3.89. The van der Waals surface area contributed by atoms with Crippen molar-refractivity contribution in [2.24, 2.45) is 0 Å². The van der Waals surface area contributed by atoms with E-state index in [4.69, 9.17) is 23.2 Å². The van der Waals surface area contributed by atoms with Crippen LogP contribution in [0.25, 0.3) is 0 Å². The molecule has 0 aliphatic rings. The molecule has 0 heterocycles. The standard InChI is InChI=1S/C11H13Cl2NOS/c1-16-8-3-4-10(13)9(7-8)11(15)14-6-2-5-12/h3-4,7H,2,5-6H2,1H3,(H,14,15). The van der Waals surface area contributed by atoms with E-state index in [2.05, 4.69) is 5.32 Å². The van der Waals surface area contributed by atoms with E-state index < -0.39 is 0 Å². The first-order valence-electron chi connectivity index (χ1n) is 4.86. The summed E-state index contributed by atoms with van der Waals surface area (Å²) in [7, 11) is 0. The largest absolute Gasteiger partial charge is 0.352 e. The molecule has 1 rings (SSSR count). The van der Waals surface area contributed by atoms with E-state index >= 15 is 0 Å². The zero-order chi connectivity index (χ0) is 12.0. The molecule has 0 spiro atoms. The van der Waals surface area contributed by atoms with E-state index in [0.717, 1.165) is 11.3 Å². The molecule has 0 aliphatic heterocycles. The molecule has 1 N–H and O–H groups in total. The summed E-state index contributed by atoms with van der Waals surface area (Å²) < 4.78 is 0. The van der Waals surface area contributed by atoms with Crippen molar-refractivity contribution in [3.05, 3.63) is 28.8 Å². The molecule has 5 heteroatoms. The zero-order valence-electron chi connectivity index (χ0n) is 8.93. The van der Waals surface area contributed by atoms with Crippen LogP contribution in [0, 0.1) is 0 Å². The molecule has 0 aromatic heterocycles. The van der Waals surface area contributed by atoms with Crippen molar-refractivity contribution >= 4 is 40.9 Å². The Morgan fingerprint density at radius 1 is 1.50 bits per heavy atom. The second-order valence-electron chi connectivity index (χ2n) is 3.14. The molecule has 0 radical (unpaired) electrons. The summed E-state index contributed by atoms with van der Waals surface area (Å²) in [6.45, 7) is 0.572. The fourth-order valence-electron chi connectivity index (χ4n) is 1.17. The monoisotopic (exact) mass is 277 g/mol. The lowest BCUT2D eigenvalue weighted by Crippen LogP contribution is -2.25. The first kappa shape index (κ1) is 13.7. The smallest absolute Gasteiger partial charge is 0.252 e. The lowest BCUT2D eigenvalue weighted by Gasteiger charge is -2.07. The topological polar surface area (TPSA) is 29.1 Å². The second kappa shape index (κ2) is 7.05. The van der Waals surface area contributed by atoms with Crippen molar-refractivity contribution in [1.82, 2.24) is 5.32 Å². The van der Waals surface area contributed by atoms with Crippen molar-refractivity contribution < 1.29 is 4.79 Å². The van der Waals surface area contributed by atoms with Crippen molar-refractivity contribution in [3.8, 4) is 0 Å². The Kier molecular flexibility index (Phi) is 6.03. The Morgan fingerprint density at radius 2 is 2.25 bits per heavy atom. The Balaban J connectivity index is 2.73. The molecule has 0 saturated heterocycles. The summed E-state index contributed by atoms with van der Waals surface area (Å²) in [6, 6.07) is 5.43. The number of alkyl halides is 1. The third-order valence-corrected chi connectivity index (χ3v) is 3.34. The van der Waals surface area contributed by atoms with Gasteiger partial charge in [-0.25, -0.2) is 0 Å². The number of nitrogens with one attached hydrogen (secondary N) is 1. The van der Waals surface area contributed by atoms with E-state index in [0.29, 0.717) is 23.0 Å². The number of halogens is 2. The van der Waals surface area contributed by atoms with Gasteiger partial charge in [-0.3, -0.25) is 4.79 Å². The molecule has 0 bridgehead atoms. The molecular formula is C11H13Cl2NOS. The minimum atomic E-state index is -0.147. The average molecular weight is 278 g/mol. The van der Waals surface area contributed by atoms with Crippen LogP contribution in [0.2, 0.25) is 5.02 Å². The van der Waals surface area contributed by atoms with E-state index in [-0.39, 0.29) is 5.91 Å². The molecule has 1 aromatic rings. The fourth-order valence-corrected chi connectivity index (χ4v) is 1.95. The van der Waals surface area contributed by atoms with Gasteiger partial charge in [-0.1, -0.05) is 11.6 Å². The van der Waals surface area contributed by atoms with Gasteiger partial charge in [0.05, 0.1) is 10.6 Å². The highest BCUT2D eigenvalue weighted by Crippen LogP contribution is 2.22. The van der Waals surface area contributed by atoms with Gasteiger partial charge in [0.25, 0.3) is 5.91 Å². The summed E-state index contributed by atoms with van der Waals surface area (Å²) in [5.74, 6) is 0.393. The van der Waals surface area contributed by atoms with Gasteiger partial charge in [-0.05, 0) is 30.9 Å². The zero-order valence-corrected chi connectivity index (χ0v) is 11.3. The maximum Gasteiger partial charge on any atom is 0.252 e. The van der Waals surface area contributed by atoms with Gasteiger partial charge in [0, 0.05) is 17.3 Å². The van der Waals surface area contributed by atoms with Gasteiger partial charge >= 0.3 is 0 Å². The quantitative estimate of drug-likeness (QED) is 0.508. The van der Waals surface area contributed by atoms with Crippen LogP contribution in [0.15, 0.2) is 23.1 Å². The second-order valence-corrected chi connectivity index (χ2v) is 4.81. The van der Waals surface area contributed by atoms with E-state index in [1.54, 1.807) is 23.9 Å². The Hall–Kier alpha value is -0.380. The highest BCUT2D eigenvalue weighted by Gasteiger charge is 2.10. The number of amides is 1. The van der Waals surface area contributed by atoms with Gasteiger partial charge in [-0.15, -0.1) is 23.4 Å². The third-order valence-electron chi connectivity index (χ3n) is 2.01. The average Bonchev–Trinajstić information content (AvgIpc) is 2.30. The van der Waals surface area contributed by atoms with Gasteiger partial charge in [0.15, 0.2) is 0 Å². The Labute approximate surface area is 110 Å². The van der Waals surface area contributed by atoms with Crippen molar-refractivity contribution in [3.63, 3.8) is 0 Å². The van der Waals surface area contributed by atoms with Crippen LogP contribution < -0.4 is 5.32 Å². The van der Waals surface area contributed by atoms with E-state index in [1.165, 1.54) is 0 Å². The molecule has 1 aromatic carbocycles. The summed E-state index contributed by atoms with van der Waals surface area (Å²) in [6.07, 6.45) is 2.71. The molecule has 0 atom stereocenters. The maximum absolute atomic E-state index is 11.8. The Bertz CT molecular complexity index is 371. The van der Waals surface area contributed by atoms with E-state index in [1.807, 2.05) is 12.3 Å². The van der Waals surface area contributed by atoms with Crippen molar-refractivity contribution in [2.75, 3.05) is 18.7 Å². The van der Waals surface area contributed by atoms with Gasteiger partial charge in [0.2, 0.25) is 0 Å². The minimum Gasteiger partial charge on any atom is -0.352 e. The van der Waals surface area contributed by atoms with E-state index in [9.17, 15) is 4.79 Å². The lowest BCUT2D eigenvalue weighted by molar-refractivity contribution is 0.0953. The highest BCUT2D eigenvalue weighted by atomic mass is 35.5. The van der Waals surface area contributed by atoms with Crippen LogP contribution in [0.1, 0.15) is 16.8 Å². The molecule has 16 heavy (non-hydrogen) atoms. The van der Waals surface area contributed by atoms with Gasteiger partial charge < -0.3 is 5.32 Å². The summed E-state index contributed by atoms with van der Waals surface area (Å²) in [5, 5.41) is 3.25. The predicted molar refractivity (Wildman–Crippen MR) is 70.9 cm³/mol. The summed E-state index contributed by atoms with van der Waals surface area (Å²) in [4.78, 5) is 12.8.